The van der Waals surface area contributed by atoms with Crippen LogP contribution in [-0.4, -0.2) is 12.5 Å². The highest BCUT2D eigenvalue weighted by Crippen LogP contribution is 2.17. The van der Waals surface area contributed by atoms with Gasteiger partial charge in [0.2, 0.25) is 0 Å². The van der Waals surface area contributed by atoms with E-state index in [0.717, 1.165) is 5.56 Å². The predicted molar refractivity (Wildman–Crippen MR) is 98.9 cm³/mol. The van der Waals surface area contributed by atoms with Gasteiger partial charge in [0, 0.05) is 17.1 Å². The van der Waals surface area contributed by atoms with Crippen molar-refractivity contribution in [1.82, 2.24) is 10.6 Å². The van der Waals surface area contributed by atoms with Crippen molar-refractivity contribution in [3.05, 3.63) is 70.0 Å². The van der Waals surface area contributed by atoms with Gasteiger partial charge in [-0.1, -0.05) is 29.8 Å². The highest BCUT2D eigenvalue weighted by Gasteiger charge is 2.09. The van der Waals surface area contributed by atoms with Crippen molar-refractivity contribution in [2.45, 2.75) is 26.4 Å². The fraction of sp³-hybridized carbons (Fsp3) is 0.263. The molecule has 0 aliphatic heterocycles. The Bertz CT molecular complexity index is 798. The zero-order valence-electron chi connectivity index (χ0n) is 14.2. The van der Waals surface area contributed by atoms with Gasteiger partial charge in [-0.25, -0.2) is 9.38 Å². The molecule has 0 heterocycles. The number of rotatable bonds is 5. The Balaban J connectivity index is 2.11. The molecule has 2 rings (SSSR count). The fourth-order valence-electron chi connectivity index (χ4n) is 2.29. The second-order valence-corrected chi connectivity index (χ2v) is 5.97. The molecule has 0 fully saturated rings. The number of nitrogens with one attached hydrogen (secondary N) is 2. The molecule has 0 radical (unpaired) electrons. The summed E-state index contributed by atoms with van der Waals surface area (Å²) in [6, 6.07) is 13.9. The number of aliphatic imine (C=N–C) groups is 1. The van der Waals surface area contributed by atoms with Crippen LogP contribution in [0.2, 0.25) is 5.02 Å². The molecule has 0 saturated heterocycles. The lowest BCUT2D eigenvalue weighted by molar-refractivity contribution is 0.609. The summed E-state index contributed by atoms with van der Waals surface area (Å²) in [6.07, 6.45) is 0. The van der Waals surface area contributed by atoms with Crippen molar-refractivity contribution in [3.63, 3.8) is 0 Å². The van der Waals surface area contributed by atoms with Crippen molar-refractivity contribution >= 4 is 17.6 Å². The number of benzene rings is 2. The molecule has 1 atom stereocenters. The van der Waals surface area contributed by atoms with Crippen molar-refractivity contribution < 1.29 is 4.39 Å². The molecule has 0 aromatic heterocycles. The van der Waals surface area contributed by atoms with Crippen LogP contribution in [0.5, 0.6) is 0 Å². The lowest BCUT2D eigenvalue weighted by Gasteiger charge is -2.18. The van der Waals surface area contributed by atoms with Crippen molar-refractivity contribution in [2.75, 3.05) is 6.54 Å². The van der Waals surface area contributed by atoms with Gasteiger partial charge in [-0.2, -0.15) is 5.26 Å². The summed E-state index contributed by atoms with van der Waals surface area (Å²) < 4.78 is 14.0. The fourth-order valence-corrected chi connectivity index (χ4v) is 2.49. The second-order valence-electron chi connectivity index (χ2n) is 5.53. The topological polar surface area (TPSA) is 60.2 Å². The van der Waals surface area contributed by atoms with E-state index < -0.39 is 5.82 Å². The van der Waals surface area contributed by atoms with E-state index in [-0.39, 0.29) is 12.6 Å². The Morgan fingerprint density at radius 3 is 2.76 bits per heavy atom. The van der Waals surface area contributed by atoms with Crippen LogP contribution in [0.15, 0.2) is 47.5 Å². The van der Waals surface area contributed by atoms with Crippen LogP contribution in [0.25, 0.3) is 0 Å². The molecular weight excluding hydrogens is 339 g/mol. The predicted octanol–water partition coefficient (Wildman–Crippen LogP) is 4.17. The zero-order chi connectivity index (χ0) is 18.2. The van der Waals surface area contributed by atoms with Gasteiger partial charge in [0.15, 0.2) is 5.96 Å². The van der Waals surface area contributed by atoms with Crippen LogP contribution in [-0.2, 0) is 6.54 Å². The molecule has 0 aliphatic carbocycles. The van der Waals surface area contributed by atoms with E-state index in [1.165, 1.54) is 6.07 Å². The number of nitrogens with zero attached hydrogens (tertiary/aromatic N) is 2. The molecule has 1 unspecified atom stereocenters. The van der Waals surface area contributed by atoms with E-state index in [4.69, 9.17) is 16.9 Å². The first-order valence-corrected chi connectivity index (χ1v) is 8.40. The Morgan fingerprint density at radius 1 is 1.32 bits per heavy atom. The average Bonchev–Trinajstić information content (AvgIpc) is 2.60. The zero-order valence-corrected chi connectivity index (χ0v) is 14.9. The first kappa shape index (κ1) is 18.8. The lowest BCUT2D eigenvalue weighted by Crippen LogP contribution is -2.38. The SMILES string of the molecule is CCNC(=NCc1ccc(C#N)cc1F)NC(C)c1cccc(Cl)c1. The van der Waals surface area contributed by atoms with E-state index in [0.29, 0.717) is 28.7 Å². The maximum atomic E-state index is 14.0. The van der Waals surface area contributed by atoms with Gasteiger partial charge in [-0.3, -0.25) is 0 Å². The Morgan fingerprint density at radius 2 is 2.12 bits per heavy atom. The molecule has 2 aromatic rings. The first-order chi connectivity index (χ1) is 12.0. The highest BCUT2D eigenvalue weighted by molar-refractivity contribution is 6.30. The average molecular weight is 359 g/mol. The van der Waals surface area contributed by atoms with Crippen molar-refractivity contribution in [3.8, 4) is 6.07 Å². The molecule has 0 bridgehead atoms. The maximum Gasteiger partial charge on any atom is 0.192 e. The van der Waals surface area contributed by atoms with E-state index in [2.05, 4.69) is 15.6 Å². The van der Waals surface area contributed by atoms with Crippen LogP contribution in [0.4, 0.5) is 4.39 Å². The summed E-state index contributed by atoms with van der Waals surface area (Å²) in [5.41, 5.74) is 1.76. The molecule has 130 valence electrons. The highest BCUT2D eigenvalue weighted by atomic mass is 35.5. The third-order valence-electron chi connectivity index (χ3n) is 3.64. The smallest absolute Gasteiger partial charge is 0.192 e. The minimum atomic E-state index is -0.429. The molecular formula is C19H20ClFN4. The van der Waals surface area contributed by atoms with Gasteiger partial charge in [0.25, 0.3) is 0 Å². The molecule has 6 heteroatoms. The monoisotopic (exact) mass is 358 g/mol. The summed E-state index contributed by atoms with van der Waals surface area (Å²) in [5, 5.41) is 15.9. The standard InChI is InChI=1S/C19H20ClFN4/c1-3-23-19(25-13(2)15-5-4-6-17(20)10-15)24-12-16-8-7-14(11-22)9-18(16)21/h4-10,13H,3,12H2,1-2H3,(H2,23,24,25). The van der Waals surface area contributed by atoms with Crippen molar-refractivity contribution in [1.29, 1.82) is 5.26 Å². The second kappa shape index (κ2) is 9.05. The quantitative estimate of drug-likeness (QED) is 0.623. The summed E-state index contributed by atoms with van der Waals surface area (Å²) in [5.74, 6) is 0.153. The number of hydrogen-bond acceptors (Lipinski definition) is 2. The molecule has 0 spiro atoms. The number of nitriles is 1. The van der Waals surface area contributed by atoms with Crippen molar-refractivity contribution in [2.24, 2.45) is 4.99 Å². The van der Waals surface area contributed by atoms with E-state index >= 15 is 0 Å². The molecule has 0 aliphatic rings. The summed E-state index contributed by atoms with van der Waals surface area (Å²) >= 11 is 6.03. The molecule has 4 nitrogen and oxygen atoms in total. The van der Waals surface area contributed by atoms with Crippen LogP contribution >= 0.6 is 11.6 Å². The van der Waals surface area contributed by atoms with Crippen LogP contribution in [0.3, 0.4) is 0 Å². The number of halogens is 2. The third kappa shape index (κ3) is 5.47. The molecule has 0 saturated carbocycles. The molecule has 25 heavy (non-hydrogen) atoms. The van der Waals surface area contributed by atoms with Crippen LogP contribution in [0.1, 0.15) is 36.6 Å². The Kier molecular flexibility index (Phi) is 6.79. The Hall–Kier alpha value is -2.58. The summed E-state index contributed by atoms with van der Waals surface area (Å²) in [7, 11) is 0. The minimum absolute atomic E-state index is 0.0117. The van der Waals surface area contributed by atoms with Crippen LogP contribution in [0, 0.1) is 17.1 Å². The normalized spacial score (nSPS) is 12.4. The largest absolute Gasteiger partial charge is 0.357 e. The third-order valence-corrected chi connectivity index (χ3v) is 3.87. The summed E-state index contributed by atoms with van der Waals surface area (Å²) in [6.45, 7) is 4.82. The maximum absolute atomic E-state index is 14.0. The number of hydrogen-bond donors (Lipinski definition) is 2. The van der Waals surface area contributed by atoms with Crippen LogP contribution < -0.4 is 10.6 Å². The van der Waals surface area contributed by atoms with Gasteiger partial charge >= 0.3 is 0 Å². The number of guanidine groups is 1. The molecule has 2 N–H and O–H groups in total. The van der Waals surface area contributed by atoms with E-state index in [9.17, 15) is 4.39 Å². The first-order valence-electron chi connectivity index (χ1n) is 8.02. The van der Waals surface area contributed by atoms with Gasteiger partial charge in [-0.05, 0) is 43.7 Å². The molecule has 2 aromatic carbocycles. The van der Waals surface area contributed by atoms with E-state index in [1.807, 2.05) is 44.2 Å². The minimum Gasteiger partial charge on any atom is -0.357 e. The van der Waals surface area contributed by atoms with Gasteiger partial charge < -0.3 is 10.6 Å². The van der Waals surface area contributed by atoms with E-state index in [1.54, 1.807) is 12.1 Å². The Labute approximate surface area is 152 Å². The lowest BCUT2D eigenvalue weighted by atomic mass is 10.1. The van der Waals surface area contributed by atoms with Gasteiger partial charge in [-0.15, -0.1) is 0 Å². The summed E-state index contributed by atoms with van der Waals surface area (Å²) in [4.78, 5) is 4.43. The molecule has 0 amide bonds. The van der Waals surface area contributed by atoms with Gasteiger partial charge in [0.05, 0.1) is 24.2 Å². The van der Waals surface area contributed by atoms with Gasteiger partial charge in [0.1, 0.15) is 5.82 Å².